The first-order valence-electron chi connectivity index (χ1n) is 10.5. The molecule has 4 rings (SSSR count). The molecule has 1 heterocycles. The molecular formula is C25H24FN3O4. The second kappa shape index (κ2) is 8.87. The van der Waals surface area contributed by atoms with Gasteiger partial charge in [0.1, 0.15) is 11.6 Å². The Morgan fingerprint density at radius 1 is 1.06 bits per heavy atom. The van der Waals surface area contributed by atoms with Crippen molar-refractivity contribution in [3.05, 3.63) is 70.4 Å². The number of hydrogen-bond donors (Lipinski definition) is 1. The van der Waals surface area contributed by atoms with E-state index in [1.165, 1.54) is 33.5 Å². The topological polar surface area (TPSA) is 97.8 Å². The molecule has 1 aliphatic heterocycles. The zero-order valence-electron chi connectivity index (χ0n) is 18.6. The number of Topliss-reactive ketones (excluding diaryl/α,β-unsaturated/α-hetero) is 1. The number of hydrogen-bond acceptors (Lipinski definition) is 7. The number of nitrogens with two attached hydrogens (primary N) is 1. The lowest BCUT2D eigenvalue weighted by atomic mass is 9.75. The fourth-order valence-electron chi connectivity index (χ4n) is 4.57. The van der Waals surface area contributed by atoms with Crippen molar-refractivity contribution >= 4 is 11.5 Å². The fraction of sp³-hybridized carbons (Fsp3) is 0.280. The number of halogens is 1. The lowest BCUT2D eigenvalue weighted by Gasteiger charge is -2.39. The average molecular weight is 449 g/mol. The van der Waals surface area contributed by atoms with E-state index < -0.39 is 5.92 Å². The van der Waals surface area contributed by atoms with Crippen LogP contribution in [0.2, 0.25) is 0 Å². The monoisotopic (exact) mass is 449 g/mol. The number of carbonyl (C=O) groups is 1. The van der Waals surface area contributed by atoms with Crippen molar-refractivity contribution in [2.24, 2.45) is 5.73 Å². The second-order valence-electron chi connectivity index (χ2n) is 7.75. The first kappa shape index (κ1) is 22.2. The number of nitriles is 1. The number of methoxy groups -OCH3 is 3. The normalized spacial score (nSPS) is 18.1. The van der Waals surface area contributed by atoms with Crippen LogP contribution >= 0.6 is 0 Å². The van der Waals surface area contributed by atoms with Crippen molar-refractivity contribution in [1.29, 1.82) is 5.26 Å². The van der Waals surface area contributed by atoms with Gasteiger partial charge < -0.3 is 19.9 Å². The van der Waals surface area contributed by atoms with Crippen molar-refractivity contribution in [1.82, 2.24) is 0 Å². The van der Waals surface area contributed by atoms with Crippen molar-refractivity contribution in [2.75, 3.05) is 26.2 Å². The van der Waals surface area contributed by atoms with Crippen LogP contribution in [-0.2, 0) is 4.79 Å². The minimum absolute atomic E-state index is 0.0534. The zero-order valence-corrected chi connectivity index (χ0v) is 18.6. The van der Waals surface area contributed by atoms with Crippen LogP contribution < -0.4 is 24.8 Å². The highest BCUT2D eigenvalue weighted by Crippen LogP contribution is 2.49. The predicted octanol–water partition coefficient (Wildman–Crippen LogP) is 4.16. The molecule has 0 radical (unpaired) electrons. The number of rotatable bonds is 5. The summed E-state index contributed by atoms with van der Waals surface area (Å²) >= 11 is 0. The Balaban J connectivity index is 1.98. The number of ketones is 1. The molecule has 2 aromatic carbocycles. The van der Waals surface area contributed by atoms with Gasteiger partial charge in [0, 0.05) is 23.4 Å². The first-order chi connectivity index (χ1) is 15.9. The summed E-state index contributed by atoms with van der Waals surface area (Å²) in [7, 11) is 4.51. The van der Waals surface area contributed by atoms with Crippen molar-refractivity contribution < 1.29 is 23.4 Å². The lowest BCUT2D eigenvalue weighted by Crippen LogP contribution is -2.38. The van der Waals surface area contributed by atoms with Crippen LogP contribution in [-0.4, -0.2) is 27.1 Å². The van der Waals surface area contributed by atoms with E-state index in [1.54, 1.807) is 29.2 Å². The molecule has 2 aliphatic rings. The standard InChI is InChI=1S/C25H24FN3O4/c1-31-20-11-14(12-21(32-2)24(20)33-3)22-17(13-27)25(28)29(16-9-7-15(26)8-10-16)18-5-4-6-19(30)23(18)22/h7-12,22H,4-6,28H2,1-3H3/t22-/m1/s1. The number of anilines is 1. The van der Waals surface area contributed by atoms with E-state index in [4.69, 9.17) is 19.9 Å². The Labute approximate surface area is 191 Å². The highest BCUT2D eigenvalue weighted by molar-refractivity contribution is 6.01. The summed E-state index contributed by atoms with van der Waals surface area (Å²) in [5, 5.41) is 10.1. The molecule has 0 amide bonds. The van der Waals surface area contributed by atoms with Crippen LogP contribution in [0.3, 0.4) is 0 Å². The summed E-state index contributed by atoms with van der Waals surface area (Å²) in [5.74, 6) is 0.306. The van der Waals surface area contributed by atoms with Gasteiger partial charge in [-0.25, -0.2) is 4.39 Å². The molecule has 0 unspecified atom stereocenters. The molecule has 1 atom stereocenters. The molecule has 8 heteroatoms. The number of nitrogens with zero attached hydrogens (tertiary/aromatic N) is 2. The van der Waals surface area contributed by atoms with E-state index in [1.807, 2.05) is 0 Å². The van der Waals surface area contributed by atoms with Gasteiger partial charge in [-0.05, 0) is 54.8 Å². The summed E-state index contributed by atoms with van der Waals surface area (Å²) in [6.45, 7) is 0. The maximum absolute atomic E-state index is 13.6. The van der Waals surface area contributed by atoms with E-state index >= 15 is 0 Å². The van der Waals surface area contributed by atoms with Gasteiger partial charge in [0.05, 0.1) is 38.9 Å². The van der Waals surface area contributed by atoms with Crippen molar-refractivity contribution in [3.8, 4) is 23.3 Å². The highest BCUT2D eigenvalue weighted by atomic mass is 19.1. The average Bonchev–Trinajstić information content (AvgIpc) is 2.83. The predicted molar refractivity (Wildman–Crippen MR) is 120 cm³/mol. The number of benzene rings is 2. The van der Waals surface area contributed by atoms with Gasteiger partial charge in [-0.1, -0.05) is 0 Å². The van der Waals surface area contributed by atoms with Crippen molar-refractivity contribution in [2.45, 2.75) is 25.2 Å². The van der Waals surface area contributed by atoms with E-state index in [2.05, 4.69) is 6.07 Å². The van der Waals surface area contributed by atoms with Gasteiger partial charge in [0.25, 0.3) is 0 Å². The van der Waals surface area contributed by atoms with E-state index in [0.717, 1.165) is 0 Å². The zero-order chi connectivity index (χ0) is 23.7. The van der Waals surface area contributed by atoms with Gasteiger partial charge in [0.2, 0.25) is 5.75 Å². The van der Waals surface area contributed by atoms with Gasteiger partial charge in [0.15, 0.2) is 17.3 Å². The summed E-state index contributed by atoms with van der Waals surface area (Å²) in [6.07, 6.45) is 1.63. The molecule has 0 bridgehead atoms. The molecule has 0 spiro atoms. The second-order valence-corrected chi connectivity index (χ2v) is 7.75. The Kier molecular flexibility index (Phi) is 5.97. The number of carbonyl (C=O) groups excluding carboxylic acids is 1. The van der Waals surface area contributed by atoms with E-state index in [0.29, 0.717) is 59.0 Å². The maximum Gasteiger partial charge on any atom is 0.203 e. The van der Waals surface area contributed by atoms with Crippen LogP contribution in [0.15, 0.2) is 59.1 Å². The van der Waals surface area contributed by atoms with Crippen molar-refractivity contribution in [3.63, 3.8) is 0 Å². The van der Waals surface area contributed by atoms with Gasteiger partial charge >= 0.3 is 0 Å². The minimum atomic E-state index is -0.691. The van der Waals surface area contributed by atoms with Crippen LogP contribution in [0.5, 0.6) is 17.2 Å². The maximum atomic E-state index is 13.6. The molecule has 0 aromatic heterocycles. The summed E-state index contributed by atoms with van der Waals surface area (Å²) in [5.41, 5.74) is 9.20. The quantitative estimate of drug-likeness (QED) is 0.732. The molecule has 0 saturated heterocycles. The molecule has 7 nitrogen and oxygen atoms in total. The number of ether oxygens (including phenoxy) is 3. The SMILES string of the molecule is COc1cc([C@@H]2C(C#N)=C(N)N(c3ccc(F)cc3)C3=C2C(=O)CCC3)cc(OC)c1OC. The molecule has 33 heavy (non-hydrogen) atoms. The third-order valence-corrected chi connectivity index (χ3v) is 6.02. The van der Waals surface area contributed by atoms with Crippen LogP contribution in [0.25, 0.3) is 0 Å². The largest absolute Gasteiger partial charge is 0.493 e. The van der Waals surface area contributed by atoms with Gasteiger partial charge in [-0.3, -0.25) is 9.69 Å². The fourth-order valence-corrected chi connectivity index (χ4v) is 4.57. The first-order valence-corrected chi connectivity index (χ1v) is 10.5. The Hall–Kier alpha value is -3.99. The molecule has 0 saturated carbocycles. The Bertz CT molecular complexity index is 1190. The molecule has 2 N–H and O–H groups in total. The molecule has 1 aliphatic carbocycles. The Morgan fingerprint density at radius 2 is 1.70 bits per heavy atom. The molecule has 0 fully saturated rings. The Morgan fingerprint density at radius 3 is 2.24 bits per heavy atom. The smallest absolute Gasteiger partial charge is 0.203 e. The number of allylic oxidation sites excluding steroid dienone is 3. The van der Waals surface area contributed by atoms with Crippen LogP contribution in [0.1, 0.15) is 30.7 Å². The third-order valence-electron chi connectivity index (χ3n) is 6.02. The van der Waals surface area contributed by atoms with Crippen LogP contribution in [0.4, 0.5) is 10.1 Å². The third kappa shape index (κ3) is 3.65. The molecule has 2 aromatic rings. The summed E-state index contributed by atoms with van der Waals surface area (Å²) in [4.78, 5) is 14.9. The molecular weight excluding hydrogens is 425 g/mol. The van der Waals surface area contributed by atoms with E-state index in [9.17, 15) is 14.4 Å². The summed E-state index contributed by atoms with van der Waals surface area (Å²) in [6, 6.07) is 11.5. The molecule has 170 valence electrons. The summed E-state index contributed by atoms with van der Waals surface area (Å²) < 4.78 is 30.0. The minimum Gasteiger partial charge on any atom is -0.493 e. The highest BCUT2D eigenvalue weighted by Gasteiger charge is 2.41. The van der Waals surface area contributed by atoms with Gasteiger partial charge in [-0.15, -0.1) is 0 Å². The lowest BCUT2D eigenvalue weighted by molar-refractivity contribution is -0.116. The van der Waals surface area contributed by atoms with Crippen LogP contribution in [0, 0.1) is 17.1 Å². The van der Waals surface area contributed by atoms with Gasteiger partial charge in [-0.2, -0.15) is 5.26 Å². The van der Waals surface area contributed by atoms with E-state index in [-0.39, 0.29) is 23.0 Å².